The molecule has 0 aliphatic carbocycles. The van der Waals surface area contributed by atoms with Gasteiger partial charge in [0.05, 0.1) is 5.52 Å². The number of aromatic nitrogens is 1. The second kappa shape index (κ2) is 5.57. The summed E-state index contributed by atoms with van der Waals surface area (Å²) in [7, 11) is 2.08. The summed E-state index contributed by atoms with van der Waals surface area (Å²) in [5.41, 5.74) is 3.38. The molecule has 3 rings (SSSR count). The van der Waals surface area contributed by atoms with Crippen LogP contribution in [0.2, 0.25) is 0 Å². The minimum Gasteiger partial charge on any atom is -0.478 e. The van der Waals surface area contributed by atoms with Gasteiger partial charge in [-0.15, -0.1) is 0 Å². The van der Waals surface area contributed by atoms with Crippen LogP contribution in [0.1, 0.15) is 21.5 Å². The van der Waals surface area contributed by atoms with E-state index in [4.69, 9.17) is 4.98 Å². The number of carboxylic acids is 1. The van der Waals surface area contributed by atoms with E-state index in [1.165, 1.54) is 0 Å². The fourth-order valence-corrected chi connectivity index (χ4v) is 3.04. The molecule has 116 valence electrons. The van der Waals surface area contributed by atoms with Crippen molar-refractivity contribution in [3.8, 4) is 0 Å². The number of aromatic carboxylic acids is 1. The van der Waals surface area contributed by atoms with Gasteiger partial charge in [0.1, 0.15) is 11.4 Å². The zero-order valence-corrected chi connectivity index (χ0v) is 13.3. The molecule has 1 aromatic carbocycles. The minimum absolute atomic E-state index is 0.295. The lowest BCUT2D eigenvalue weighted by Crippen LogP contribution is -2.45. The van der Waals surface area contributed by atoms with Gasteiger partial charge in [0, 0.05) is 31.6 Å². The van der Waals surface area contributed by atoms with Gasteiger partial charge in [0.15, 0.2) is 0 Å². The van der Waals surface area contributed by atoms with Crippen molar-refractivity contribution in [2.45, 2.75) is 13.8 Å². The third-order valence-electron chi connectivity index (χ3n) is 4.30. The number of anilines is 1. The SMILES string of the molecule is Cc1cc(C)c2cc(C(=O)O)c(N3CCN(C)CC3)nc2c1. The van der Waals surface area contributed by atoms with Gasteiger partial charge in [-0.2, -0.15) is 0 Å². The van der Waals surface area contributed by atoms with Gasteiger partial charge in [-0.25, -0.2) is 9.78 Å². The summed E-state index contributed by atoms with van der Waals surface area (Å²) < 4.78 is 0. The van der Waals surface area contributed by atoms with Crippen LogP contribution >= 0.6 is 0 Å². The molecule has 2 heterocycles. The number of pyridine rings is 1. The summed E-state index contributed by atoms with van der Waals surface area (Å²) in [6.45, 7) is 7.49. The van der Waals surface area contributed by atoms with Crippen molar-refractivity contribution in [1.82, 2.24) is 9.88 Å². The molecule has 0 radical (unpaired) electrons. The zero-order valence-electron chi connectivity index (χ0n) is 13.3. The fraction of sp³-hybridized carbons (Fsp3) is 0.412. The molecule has 22 heavy (non-hydrogen) atoms. The Hall–Kier alpha value is -2.14. The molecular weight excluding hydrogens is 278 g/mol. The average molecular weight is 299 g/mol. The molecular formula is C17H21N3O2. The first-order valence-electron chi connectivity index (χ1n) is 7.54. The lowest BCUT2D eigenvalue weighted by molar-refractivity contribution is 0.0697. The Balaban J connectivity index is 2.15. The molecule has 0 atom stereocenters. The molecule has 1 aliphatic rings. The van der Waals surface area contributed by atoms with Gasteiger partial charge in [0.2, 0.25) is 0 Å². The maximum atomic E-state index is 11.7. The van der Waals surface area contributed by atoms with E-state index in [0.717, 1.165) is 48.2 Å². The summed E-state index contributed by atoms with van der Waals surface area (Å²) in [5.74, 6) is -0.318. The predicted octanol–water partition coefficient (Wildman–Crippen LogP) is 2.30. The Morgan fingerprint density at radius 2 is 1.82 bits per heavy atom. The zero-order chi connectivity index (χ0) is 15.9. The number of hydrogen-bond acceptors (Lipinski definition) is 4. The van der Waals surface area contributed by atoms with Crippen LogP contribution < -0.4 is 4.90 Å². The van der Waals surface area contributed by atoms with Crippen LogP contribution in [0.5, 0.6) is 0 Å². The second-order valence-electron chi connectivity index (χ2n) is 6.10. The number of benzene rings is 1. The first kappa shape index (κ1) is 14.8. The van der Waals surface area contributed by atoms with Crippen LogP contribution in [0.3, 0.4) is 0 Å². The van der Waals surface area contributed by atoms with Crippen LogP contribution in [0, 0.1) is 13.8 Å². The summed E-state index contributed by atoms with van der Waals surface area (Å²) >= 11 is 0. The maximum Gasteiger partial charge on any atom is 0.339 e. The van der Waals surface area contributed by atoms with E-state index >= 15 is 0 Å². The smallest absolute Gasteiger partial charge is 0.339 e. The van der Waals surface area contributed by atoms with Gasteiger partial charge in [-0.1, -0.05) is 6.07 Å². The number of likely N-dealkylation sites (N-methyl/N-ethyl adjacent to an activating group) is 1. The molecule has 5 heteroatoms. The van der Waals surface area contributed by atoms with Crippen molar-refractivity contribution in [3.63, 3.8) is 0 Å². The third-order valence-corrected chi connectivity index (χ3v) is 4.30. The summed E-state index contributed by atoms with van der Waals surface area (Å²) in [5, 5.41) is 10.5. The molecule has 1 aromatic heterocycles. The van der Waals surface area contributed by atoms with E-state index in [1.54, 1.807) is 6.07 Å². The molecule has 0 saturated carbocycles. The van der Waals surface area contributed by atoms with Gasteiger partial charge in [-0.05, 0) is 44.2 Å². The Morgan fingerprint density at radius 3 is 2.45 bits per heavy atom. The average Bonchev–Trinajstić information content (AvgIpc) is 2.46. The number of rotatable bonds is 2. The first-order chi connectivity index (χ1) is 10.5. The monoisotopic (exact) mass is 299 g/mol. The Bertz CT molecular complexity index is 734. The Kier molecular flexibility index (Phi) is 3.74. The van der Waals surface area contributed by atoms with E-state index < -0.39 is 5.97 Å². The van der Waals surface area contributed by atoms with Crippen molar-refractivity contribution in [2.24, 2.45) is 0 Å². The van der Waals surface area contributed by atoms with Crippen molar-refractivity contribution in [1.29, 1.82) is 0 Å². The van der Waals surface area contributed by atoms with Crippen LogP contribution in [-0.4, -0.2) is 54.2 Å². The summed E-state index contributed by atoms with van der Waals surface area (Å²) in [6.07, 6.45) is 0. The van der Waals surface area contributed by atoms with E-state index in [2.05, 4.69) is 22.9 Å². The van der Waals surface area contributed by atoms with Crippen LogP contribution in [0.15, 0.2) is 18.2 Å². The molecule has 2 aromatic rings. The summed E-state index contributed by atoms with van der Waals surface area (Å²) in [4.78, 5) is 20.7. The maximum absolute atomic E-state index is 11.7. The molecule has 1 saturated heterocycles. The highest BCUT2D eigenvalue weighted by molar-refractivity contribution is 5.99. The number of hydrogen-bond donors (Lipinski definition) is 1. The second-order valence-corrected chi connectivity index (χ2v) is 6.10. The predicted molar refractivity (Wildman–Crippen MR) is 87.9 cm³/mol. The molecule has 0 bridgehead atoms. The molecule has 0 amide bonds. The normalized spacial score (nSPS) is 16.2. The van der Waals surface area contributed by atoms with E-state index in [1.807, 2.05) is 19.9 Å². The van der Waals surface area contributed by atoms with Crippen molar-refractivity contribution >= 4 is 22.7 Å². The first-order valence-corrected chi connectivity index (χ1v) is 7.54. The Labute approximate surface area is 130 Å². The van der Waals surface area contributed by atoms with E-state index in [0.29, 0.717) is 11.4 Å². The van der Waals surface area contributed by atoms with E-state index in [-0.39, 0.29) is 0 Å². The number of nitrogens with zero attached hydrogens (tertiary/aromatic N) is 3. The lowest BCUT2D eigenvalue weighted by atomic mass is 10.0. The molecule has 0 unspecified atom stereocenters. The fourth-order valence-electron chi connectivity index (χ4n) is 3.04. The molecule has 0 spiro atoms. The van der Waals surface area contributed by atoms with Crippen molar-refractivity contribution in [3.05, 3.63) is 34.9 Å². The van der Waals surface area contributed by atoms with Crippen molar-refractivity contribution < 1.29 is 9.90 Å². The highest BCUT2D eigenvalue weighted by atomic mass is 16.4. The highest BCUT2D eigenvalue weighted by Crippen LogP contribution is 2.27. The largest absolute Gasteiger partial charge is 0.478 e. The quantitative estimate of drug-likeness (QED) is 0.922. The van der Waals surface area contributed by atoms with Crippen LogP contribution in [-0.2, 0) is 0 Å². The number of carbonyl (C=O) groups is 1. The van der Waals surface area contributed by atoms with E-state index in [9.17, 15) is 9.90 Å². The van der Waals surface area contributed by atoms with Gasteiger partial charge in [-0.3, -0.25) is 0 Å². The molecule has 5 nitrogen and oxygen atoms in total. The van der Waals surface area contributed by atoms with Crippen LogP contribution in [0.25, 0.3) is 10.9 Å². The molecule has 1 N–H and O–H groups in total. The highest BCUT2D eigenvalue weighted by Gasteiger charge is 2.22. The number of piperazine rings is 1. The van der Waals surface area contributed by atoms with Crippen molar-refractivity contribution in [2.75, 3.05) is 38.1 Å². The minimum atomic E-state index is -0.914. The van der Waals surface area contributed by atoms with Gasteiger partial charge >= 0.3 is 5.97 Å². The standard InChI is InChI=1S/C17H21N3O2/c1-11-8-12(2)13-10-14(17(21)22)16(18-15(13)9-11)20-6-4-19(3)5-7-20/h8-10H,4-7H2,1-3H3,(H,21,22). The number of carboxylic acid groups (broad SMARTS) is 1. The number of aryl methyl sites for hydroxylation is 2. The third kappa shape index (κ3) is 2.64. The van der Waals surface area contributed by atoms with Crippen LogP contribution in [0.4, 0.5) is 5.82 Å². The van der Waals surface area contributed by atoms with Gasteiger partial charge in [0.25, 0.3) is 0 Å². The molecule has 1 aliphatic heterocycles. The Morgan fingerprint density at radius 1 is 1.14 bits per heavy atom. The number of fused-ring (bicyclic) bond motifs is 1. The van der Waals surface area contributed by atoms with Gasteiger partial charge < -0.3 is 14.9 Å². The molecule has 1 fully saturated rings. The topological polar surface area (TPSA) is 56.7 Å². The lowest BCUT2D eigenvalue weighted by Gasteiger charge is -2.34. The summed E-state index contributed by atoms with van der Waals surface area (Å²) in [6, 6.07) is 5.85.